The van der Waals surface area contributed by atoms with E-state index in [1.165, 1.54) is 5.56 Å². The maximum atomic E-state index is 12.6. The van der Waals surface area contributed by atoms with Crippen LogP contribution in [0.2, 0.25) is 0 Å². The minimum absolute atomic E-state index is 0.257. The number of amides is 1. The number of likely N-dealkylation sites (tertiary alicyclic amines) is 1. The lowest BCUT2D eigenvalue weighted by Crippen LogP contribution is -2.47. The van der Waals surface area contributed by atoms with Crippen molar-refractivity contribution in [2.24, 2.45) is 0 Å². The van der Waals surface area contributed by atoms with Gasteiger partial charge in [0, 0.05) is 6.54 Å². The molecule has 0 aliphatic carbocycles. The van der Waals surface area contributed by atoms with Crippen LogP contribution in [0.4, 0.5) is 4.79 Å². The summed E-state index contributed by atoms with van der Waals surface area (Å²) in [6, 6.07) is 20.0. The molecule has 0 spiro atoms. The van der Waals surface area contributed by atoms with E-state index in [9.17, 15) is 4.79 Å². The average Bonchev–Trinajstić information content (AvgIpc) is 3.05. The Morgan fingerprint density at radius 2 is 1.71 bits per heavy atom. The first-order chi connectivity index (χ1) is 11.7. The van der Waals surface area contributed by atoms with Gasteiger partial charge in [0.15, 0.2) is 0 Å². The highest BCUT2D eigenvalue weighted by Gasteiger charge is 2.42. The van der Waals surface area contributed by atoms with Gasteiger partial charge < -0.3 is 4.74 Å². The Labute approximate surface area is 143 Å². The molecule has 0 aromatic heterocycles. The fourth-order valence-corrected chi connectivity index (χ4v) is 3.39. The van der Waals surface area contributed by atoms with E-state index < -0.39 is 0 Å². The number of hydrogen-bond acceptors (Lipinski definition) is 2. The first-order valence-corrected chi connectivity index (χ1v) is 8.39. The van der Waals surface area contributed by atoms with E-state index in [-0.39, 0.29) is 11.6 Å². The molecule has 2 aromatic carbocycles. The number of ether oxygens (including phenoxy) is 1. The van der Waals surface area contributed by atoms with Crippen LogP contribution in [0.1, 0.15) is 24.0 Å². The predicted octanol–water partition coefficient (Wildman–Crippen LogP) is 4.59. The minimum atomic E-state index is -0.352. The second-order valence-electron chi connectivity index (χ2n) is 6.27. The van der Waals surface area contributed by atoms with Crippen molar-refractivity contribution < 1.29 is 9.53 Å². The van der Waals surface area contributed by atoms with Crippen LogP contribution < -0.4 is 0 Å². The van der Waals surface area contributed by atoms with E-state index >= 15 is 0 Å². The van der Waals surface area contributed by atoms with Crippen molar-refractivity contribution in [1.82, 2.24) is 4.90 Å². The van der Waals surface area contributed by atoms with E-state index in [1.54, 1.807) is 0 Å². The third-order valence-corrected chi connectivity index (χ3v) is 4.69. The SMILES string of the molecule is C=C[C@]1(Cc2ccccc2)CCCN1C(=O)OCc1ccccc1. The van der Waals surface area contributed by atoms with E-state index in [1.807, 2.05) is 59.5 Å². The zero-order chi connectivity index (χ0) is 16.8. The van der Waals surface area contributed by atoms with Crippen LogP contribution in [0.15, 0.2) is 73.3 Å². The van der Waals surface area contributed by atoms with Crippen LogP contribution >= 0.6 is 0 Å². The van der Waals surface area contributed by atoms with Crippen LogP contribution in [0.3, 0.4) is 0 Å². The van der Waals surface area contributed by atoms with Crippen molar-refractivity contribution in [2.75, 3.05) is 6.54 Å². The van der Waals surface area contributed by atoms with Gasteiger partial charge in [-0.25, -0.2) is 4.79 Å². The van der Waals surface area contributed by atoms with Crippen molar-refractivity contribution in [3.63, 3.8) is 0 Å². The third-order valence-electron chi connectivity index (χ3n) is 4.69. The van der Waals surface area contributed by atoms with Crippen molar-refractivity contribution in [1.29, 1.82) is 0 Å². The van der Waals surface area contributed by atoms with Crippen molar-refractivity contribution in [2.45, 2.75) is 31.4 Å². The Morgan fingerprint density at radius 3 is 2.33 bits per heavy atom. The lowest BCUT2D eigenvalue weighted by atomic mass is 9.88. The maximum absolute atomic E-state index is 12.6. The number of carbonyl (C=O) groups excluding carboxylic acids is 1. The van der Waals surface area contributed by atoms with Crippen LogP contribution in [-0.2, 0) is 17.8 Å². The Morgan fingerprint density at radius 1 is 1.08 bits per heavy atom. The summed E-state index contributed by atoms with van der Waals surface area (Å²) in [4.78, 5) is 14.5. The number of carbonyl (C=O) groups is 1. The van der Waals surface area contributed by atoms with E-state index in [0.717, 1.165) is 24.8 Å². The molecule has 1 heterocycles. The first-order valence-electron chi connectivity index (χ1n) is 8.39. The standard InChI is InChI=1S/C21H23NO2/c1-2-21(16-18-10-5-3-6-11-18)14-9-15-22(21)20(23)24-17-19-12-7-4-8-13-19/h2-8,10-13H,1,9,14-17H2/t21-/m1/s1. The lowest BCUT2D eigenvalue weighted by molar-refractivity contribution is 0.0778. The van der Waals surface area contributed by atoms with Crippen LogP contribution in [0.5, 0.6) is 0 Å². The molecule has 0 bridgehead atoms. The topological polar surface area (TPSA) is 29.5 Å². The number of rotatable bonds is 5. The molecular formula is C21H23NO2. The molecule has 1 aliphatic rings. The van der Waals surface area contributed by atoms with Gasteiger partial charge in [-0.05, 0) is 30.4 Å². The molecule has 0 saturated carbocycles. The van der Waals surface area contributed by atoms with Crippen molar-refractivity contribution >= 4 is 6.09 Å². The molecule has 124 valence electrons. The van der Waals surface area contributed by atoms with Gasteiger partial charge in [-0.2, -0.15) is 0 Å². The molecule has 24 heavy (non-hydrogen) atoms. The predicted molar refractivity (Wildman–Crippen MR) is 95.6 cm³/mol. The average molecular weight is 321 g/mol. The molecule has 3 rings (SSSR count). The van der Waals surface area contributed by atoms with Gasteiger partial charge in [0.1, 0.15) is 6.61 Å². The van der Waals surface area contributed by atoms with Crippen LogP contribution in [-0.4, -0.2) is 23.1 Å². The maximum Gasteiger partial charge on any atom is 0.410 e. The number of nitrogens with zero attached hydrogens (tertiary/aromatic N) is 1. The lowest BCUT2D eigenvalue weighted by Gasteiger charge is -2.35. The summed E-state index contributed by atoms with van der Waals surface area (Å²) in [7, 11) is 0. The quantitative estimate of drug-likeness (QED) is 0.754. The molecule has 2 aromatic rings. The van der Waals surface area contributed by atoms with Gasteiger partial charge in [0.25, 0.3) is 0 Å². The zero-order valence-corrected chi connectivity index (χ0v) is 13.9. The van der Waals surface area contributed by atoms with Crippen LogP contribution in [0.25, 0.3) is 0 Å². The molecule has 1 amide bonds. The van der Waals surface area contributed by atoms with E-state index in [2.05, 4.69) is 18.7 Å². The van der Waals surface area contributed by atoms with Crippen molar-refractivity contribution in [3.05, 3.63) is 84.4 Å². The van der Waals surface area contributed by atoms with Crippen LogP contribution in [0, 0.1) is 0 Å². The second-order valence-corrected chi connectivity index (χ2v) is 6.27. The van der Waals surface area contributed by atoms with E-state index in [4.69, 9.17) is 4.74 Å². The molecular weight excluding hydrogens is 298 g/mol. The molecule has 0 unspecified atom stereocenters. The van der Waals surface area contributed by atoms with Gasteiger partial charge in [-0.1, -0.05) is 66.7 Å². The van der Waals surface area contributed by atoms with Gasteiger partial charge >= 0.3 is 6.09 Å². The summed E-state index contributed by atoms with van der Waals surface area (Å²) in [6.45, 7) is 5.03. The summed E-state index contributed by atoms with van der Waals surface area (Å²) in [6.07, 6.45) is 4.33. The number of benzene rings is 2. The Balaban J connectivity index is 1.70. The highest BCUT2D eigenvalue weighted by atomic mass is 16.6. The minimum Gasteiger partial charge on any atom is -0.445 e. The van der Waals surface area contributed by atoms with Gasteiger partial charge in [-0.15, -0.1) is 6.58 Å². The molecule has 0 radical (unpaired) electrons. The summed E-state index contributed by atoms with van der Waals surface area (Å²) >= 11 is 0. The summed E-state index contributed by atoms with van der Waals surface area (Å²) in [5.41, 5.74) is 1.85. The Bertz CT molecular complexity index is 683. The zero-order valence-electron chi connectivity index (χ0n) is 13.9. The number of hydrogen-bond donors (Lipinski definition) is 0. The largest absolute Gasteiger partial charge is 0.445 e. The Kier molecular flexibility index (Phi) is 4.99. The molecule has 3 nitrogen and oxygen atoms in total. The van der Waals surface area contributed by atoms with Gasteiger partial charge in [-0.3, -0.25) is 4.90 Å². The van der Waals surface area contributed by atoms with Gasteiger partial charge in [0.05, 0.1) is 5.54 Å². The highest BCUT2D eigenvalue weighted by Crippen LogP contribution is 2.34. The Hall–Kier alpha value is -2.55. The molecule has 3 heteroatoms. The van der Waals surface area contributed by atoms with E-state index in [0.29, 0.717) is 13.2 Å². The first kappa shape index (κ1) is 16.3. The summed E-state index contributed by atoms with van der Waals surface area (Å²) in [5, 5.41) is 0. The molecule has 1 saturated heterocycles. The third kappa shape index (κ3) is 3.51. The fraction of sp³-hybridized carbons (Fsp3) is 0.286. The monoisotopic (exact) mass is 321 g/mol. The molecule has 1 atom stereocenters. The van der Waals surface area contributed by atoms with Gasteiger partial charge in [0.2, 0.25) is 0 Å². The fourth-order valence-electron chi connectivity index (χ4n) is 3.39. The smallest absolute Gasteiger partial charge is 0.410 e. The molecule has 1 aliphatic heterocycles. The summed E-state index contributed by atoms with van der Waals surface area (Å²) in [5.74, 6) is 0. The second kappa shape index (κ2) is 7.35. The van der Waals surface area contributed by atoms with Crippen molar-refractivity contribution in [3.8, 4) is 0 Å². The normalized spacial score (nSPS) is 19.9. The highest BCUT2D eigenvalue weighted by molar-refractivity contribution is 5.70. The molecule has 0 N–H and O–H groups in total. The summed E-state index contributed by atoms with van der Waals surface area (Å²) < 4.78 is 5.55. The molecule has 1 fully saturated rings.